The highest BCUT2D eigenvalue weighted by atomic mass is 16.5. The SMILES string of the molecule is CC(C)N(C)CC(=O)N1CCOC[C@@H]1CO. The van der Waals surface area contributed by atoms with Crippen molar-refractivity contribution in [3.63, 3.8) is 0 Å². The first-order chi connectivity index (χ1) is 7.56. The summed E-state index contributed by atoms with van der Waals surface area (Å²) in [6.45, 7) is 6.05. The summed E-state index contributed by atoms with van der Waals surface area (Å²) in [6, 6.07) is 0.166. The Kier molecular flexibility index (Phi) is 5.18. The molecule has 1 atom stereocenters. The van der Waals surface area contributed by atoms with Gasteiger partial charge in [0.1, 0.15) is 0 Å². The Hall–Kier alpha value is -0.650. The monoisotopic (exact) mass is 230 g/mol. The Labute approximate surface area is 97.0 Å². The van der Waals surface area contributed by atoms with Crippen LogP contribution in [-0.2, 0) is 9.53 Å². The topological polar surface area (TPSA) is 53.0 Å². The van der Waals surface area contributed by atoms with Gasteiger partial charge in [0.05, 0.1) is 32.4 Å². The smallest absolute Gasteiger partial charge is 0.237 e. The van der Waals surface area contributed by atoms with Gasteiger partial charge in [-0.2, -0.15) is 0 Å². The molecule has 0 aromatic rings. The predicted octanol–water partition coefficient (Wildman–Crippen LogP) is -0.454. The van der Waals surface area contributed by atoms with Gasteiger partial charge in [-0.25, -0.2) is 0 Å². The van der Waals surface area contributed by atoms with Crippen molar-refractivity contribution in [2.45, 2.75) is 25.9 Å². The normalized spacial score (nSPS) is 21.9. The van der Waals surface area contributed by atoms with Crippen molar-refractivity contribution in [3.05, 3.63) is 0 Å². The second-order valence-electron chi connectivity index (χ2n) is 4.51. The fraction of sp³-hybridized carbons (Fsp3) is 0.909. The molecule has 0 aliphatic carbocycles. The van der Waals surface area contributed by atoms with Crippen molar-refractivity contribution in [2.75, 3.05) is 40.0 Å². The zero-order valence-corrected chi connectivity index (χ0v) is 10.3. The summed E-state index contributed by atoms with van der Waals surface area (Å²) in [7, 11) is 1.93. The number of likely N-dealkylation sites (N-methyl/N-ethyl adjacent to an activating group) is 1. The highest BCUT2D eigenvalue weighted by Gasteiger charge is 2.27. The summed E-state index contributed by atoms with van der Waals surface area (Å²) in [5, 5.41) is 9.17. The highest BCUT2D eigenvalue weighted by Crippen LogP contribution is 2.07. The maximum absolute atomic E-state index is 12.0. The molecule has 0 saturated carbocycles. The molecule has 1 saturated heterocycles. The molecular weight excluding hydrogens is 208 g/mol. The van der Waals surface area contributed by atoms with Gasteiger partial charge >= 0.3 is 0 Å². The van der Waals surface area contributed by atoms with Crippen LogP contribution in [0.3, 0.4) is 0 Å². The molecule has 0 spiro atoms. The molecule has 5 nitrogen and oxygen atoms in total. The number of aliphatic hydroxyl groups is 1. The molecule has 16 heavy (non-hydrogen) atoms. The molecule has 1 heterocycles. The molecule has 1 aliphatic rings. The Bertz CT molecular complexity index is 233. The zero-order valence-electron chi connectivity index (χ0n) is 10.3. The Morgan fingerprint density at radius 1 is 1.62 bits per heavy atom. The lowest BCUT2D eigenvalue weighted by Crippen LogP contribution is -2.53. The van der Waals surface area contributed by atoms with E-state index in [0.29, 0.717) is 32.3 Å². The van der Waals surface area contributed by atoms with Crippen LogP contribution in [0.25, 0.3) is 0 Å². The van der Waals surface area contributed by atoms with E-state index in [4.69, 9.17) is 9.84 Å². The molecule has 1 rings (SSSR count). The van der Waals surface area contributed by atoms with Crippen molar-refractivity contribution < 1.29 is 14.6 Å². The lowest BCUT2D eigenvalue weighted by molar-refractivity contribution is -0.142. The Morgan fingerprint density at radius 2 is 2.31 bits per heavy atom. The summed E-state index contributed by atoms with van der Waals surface area (Å²) in [5.41, 5.74) is 0. The summed E-state index contributed by atoms with van der Waals surface area (Å²) >= 11 is 0. The first-order valence-corrected chi connectivity index (χ1v) is 5.74. The van der Waals surface area contributed by atoms with Crippen molar-refractivity contribution in [1.29, 1.82) is 0 Å². The predicted molar refractivity (Wildman–Crippen MR) is 61.2 cm³/mol. The molecule has 0 aromatic heterocycles. The van der Waals surface area contributed by atoms with Crippen molar-refractivity contribution in [1.82, 2.24) is 9.80 Å². The van der Waals surface area contributed by atoms with Gasteiger partial charge in [0.25, 0.3) is 0 Å². The number of aliphatic hydroxyl groups excluding tert-OH is 1. The van der Waals surface area contributed by atoms with Gasteiger partial charge < -0.3 is 14.7 Å². The first-order valence-electron chi connectivity index (χ1n) is 5.74. The van der Waals surface area contributed by atoms with Gasteiger partial charge in [-0.15, -0.1) is 0 Å². The van der Waals surface area contributed by atoms with Gasteiger partial charge in [-0.1, -0.05) is 0 Å². The van der Waals surface area contributed by atoms with E-state index < -0.39 is 0 Å². The second-order valence-corrected chi connectivity index (χ2v) is 4.51. The third-order valence-corrected chi connectivity index (χ3v) is 3.02. The van der Waals surface area contributed by atoms with Gasteiger partial charge in [0, 0.05) is 12.6 Å². The van der Waals surface area contributed by atoms with E-state index in [0.717, 1.165) is 0 Å². The highest BCUT2D eigenvalue weighted by molar-refractivity contribution is 5.78. The standard InChI is InChI=1S/C11H22N2O3/c1-9(2)12(3)6-11(15)13-4-5-16-8-10(13)7-14/h9-10,14H,4-8H2,1-3H3/t10-/m0/s1. The van der Waals surface area contributed by atoms with Crippen LogP contribution in [0.1, 0.15) is 13.8 Å². The van der Waals surface area contributed by atoms with E-state index in [1.165, 1.54) is 0 Å². The van der Waals surface area contributed by atoms with Crippen LogP contribution >= 0.6 is 0 Å². The number of hydrogen-bond donors (Lipinski definition) is 1. The third kappa shape index (κ3) is 3.43. The fourth-order valence-electron chi connectivity index (χ4n) is 1.62. The number of carbonyl (C=O) groups is 1. The number of ether oxygens (including phenoxy) is 1. The maximum Gasteiger partial charge on any atom is 0.237 e. The number of rotatable bonds is 4. The molecule has 1 N–H and O–H groups in total. The molecule has 94 valence electrons. The van der Waals surface area contributed by atoms with E-state index in [-0.39, 0.29) is 18.6 Å². The van der Waals surface area contributed by atoms with Crippen LogP contribution in [-0.4, -0.2) is 72.9 Å². The molecule has 5 heteroatoms. The minimum atomic E-state index is -0.179. The first kappa shape index (κ1) is 13.4. The number of morpholine rings is 1. The number of hydrogen-bond acceptors (Lipinski definition) is 4. The minimum absolute atomic E-state index is 0.0306. The van der Waals surface area contributed by atoms with Crippen molar-refractivity contribution >= 4 is 5.91 Å². The second kappa shape index (κ2) is 6.18. The van der Waals surface area contributed by atoms with Crippen LogP contribution in [0, 0.1) is 0 Å². The molecule has 1 fully saturated rings. The number of amides is 1. The number of carbonyl (C=O) groups excluding carboxylic acids is 1. The maximum atomic E-state index is 12.0. The largest absolute Gasteiger partial charge is 0.394 e. The van der Waals surface area contributed by atoms with Gasteiger partial charge in [0.15, 0.2) is 0 Å². The van der Waals surface area contributed by atoms with E-state index >= 15 is 0 Å². The van der Waals surface area contributed by atoms with Crippen molar-refractivity contribution in [2.24, 2.45) is 0 Å². The van der Waals surface area contributed by atoms with E-state index in [1.807, 2.05) is 11.9 Å². The Balaban J connectivity index is 2.50. The minimum Gasteiger partial charge on any atom is -0.394 e. The van der Waals surface area contributed by atoms with E-state index in [9.17, 15) is 4.79 Å². The summed E-state index contributed by atoms with van der Waals surface area (Å²) < 4.78 is 5.24. The van der Waals surface area contributed by atoms with E-state index in [2.05, 4.69) is 13.8 Å². The molecular formula is C11H22N2O3. The Morgan fingerprint density at radius 3 is 2.88 bits per heavy atom. The molecule has 0 unspecified atom stereocenters. The summed E-state index contributed by atoms with van der Waals surface area (Å²) in [5.74, 6) is 0.0681. The molecule has 0 bridgehead atoms. The summed E-state index contributed by atoms with van der Waals surface area (Å²) in [6.07, 6.45) is 0. The summed E-state index contributed by atoms with van der Waals surface area (Å²) in [4.78, 5) is 15.7. The zero-order chi connectivity index (χ0) is 12.1. The average molecular weight is 230 g/mol. The van der Waals surface area contributed by atoms with Gasteiger partial charge in [-0.3, -0.25) is 9.69 Å². The van der Waals surface area contributed by atoms with Gasteiger partial charge in [-0.05, 0) is 20.9 Å². The van der Waals surface area contributed by atoms with Crippen LogP contribution in [0.4, 0.5) is 0 Å². The van der Waals surface area contributed by atoms with Crippen LogP contribution in [0.5, 0.6) is 0 Å². The third-order valence-electron chi connectivity index (χ3n) is 3.02. The van der Waals surface area contributed by atoms with Gasteiger partial charge in [0.2, 0.25) is 5.91 Å². The fourth-order valence-corrected chi connectivity index (χ4v) is 1.62. The average Bonchev–Trinajstić information content (AvgIpc) is 2.28. The lowest BCUT2D eigenvalue weighted by atomic mass is 10.2. The van der Waals surface area contributed by atoms with Crippen LogP contribution < -0.4 is 0 Å². The molecule has 0 aromatic carbocycles. The quantitative estimate of drug-likeness (QED) is 0.710. The molecule has 1 amide bonds. The van der Waals surface area contributed by atoms with Crippen LogP contribution in [0.15, 0.2) is 0 Å². The molecule has 1 aliphatic heterocycles. The van der Waals surface area contributed by atoms with E-state index in [1.54, 1.807) is 4.90 Å². The lowest BCUT2D eigenvalue weighted by Gasteiger charge is -2.36. The van der Waals surface area contributed by atoms with Crippen molar-refractivity contribution in [3.8, 4) is 0 Å². The molecule has 0 radical (unpaired) electrons. The number of nitrogens with zero attached hydrogens (tertiary/aromatic N) is 2. The van der Waals surface area contributed by atoms with Crippen LogP contribution in [0.2, 0.25) is 0 Å².